The first kappa shape index (κ1) is 21.7. The lowest BCUT2D eigenvalue weighted by molar-refractivity contribution is -0.113. The zero-order chi connectivity index (χ0) is 21.8. The van der Waals surface area contributed by atoms with Crippen molar-refractivity contribution < 1.29 is 19.0 Å². The second-order valence-corrected chi connectivity index (χ2v) is 7.33. The summed E-state index contributed by atoms with van der Waals surface area (Å²) in [5.41, 5.74) is 2.34. The molecule has 2 aromatic rings. The summed E-state index contributed by atoms with van der Waals surface area (Å²) in [6.07, 6.45) is 0. The van der Waals surface area contributed by atoms with Crippen molar-refractivity contribution in [3.8, 4) is 17.2 Å². The molecular formula is C21H22ClN3O4S. The Bertz CT molecular complexity index is 1030. The Balaban J connectivity index is 2.07. The van der Waals surface area contributed by atoms with Gasteiger partial charge in [-0.25, -0.2) is 0 Å². The lowest BCUT2D eigenvalue weighted by Crippen LogP contribution is -2.45. The van der Waals surface area contributed by atoms with Crippen LogP contribution in [0.25, 0.3) is 0 Å². The average molecular weight is 448 g/mol. The molecule has 1 aliphatic rings. The number of rotatable bonds is 6. The Labute approximate surface area is 185 Å². The van der Waals surface area contributed by atoms with Gasteiger partial charge in [0, 0.05) is 28.0 Å². The minimum Gasteiger partial charge on any atom is -0.496 e. The van der Waals surface area contributed by atoms with Crippen molar-refractivity contribution in [2.75, 3.05) is 26.6 Å². The van der Waals surface area contributed by atoms with Gasteiger partial charge in [-0.2, -0.15) is 0 Å². The fraction of sp³-hybridized carbons (Fsp3) is 0.238. The third-order valence-electron chi connectivity index (χ3n) is 4.64. The fourth-order valence-electron chi connectivity index (χ4n) is 3.27. The molecule has 0 aliphatic carbocycles. The molecule has 0 aromatic heterocycles. The van der Waals surface area contributed by atoms with Crippen molar-refractivity contribution in [2.24, 2.45) is 0 Å². The Morgan fingerprint density at radius 2 is 1.73 bits per heavy atom. The summed E-state index contributed by atoms with van der Waals surface area (Å²) < 4.78 is 16.4. The molecule has 3 N–H and O–H groups in total. The number of allylic oxidation sites excluding steroid dienone is 1. The van der Waals surface area contributed by atoms with Gasteiger partial charge >= 0.3 is 0 Å². The Hall–Kier alpha value is -2.97. The largest absolute Gasteiger partial charge is 0.496 e. The predicted molar refractivity (Wildman–Crippen MR) is 120 cm³/mol. The first-order chi connectivity index (χ1) is 14.4. The van der Waals surface area contributed by atoms with Gasteiger partial charge in [0.1, 0.15) is 5.75 Å². The van der Waals surface area contributed by atoms with E-state index in [2.05, 4.69) is 16.0 Å². The van der Waals surface area contributed by atoms with E-state index in [1.165, 1.54) is 0 Å². The maximum Gasteiger partial charge on any atom is 0.255 e. The predicted octanol–water partition coefficient (Wildman–Crippen LogP) is 3.80. The molecule has 1 aliphatic heterocycles. The highest BCUT2D eigenvalue weighted by molar-refractivity contribution is 7.80. The van der Waals surface area contributed by atoms with Gasteiger partial charge in [-0.05, 0) is 43.4 Å². The quantitative estimate of drug-likeness (QED) is 0.581. The smallest absolute Gasteiger partial charge is 0.255 e. The number of methoxy groups -OCH3 is 3. The van der Waals surface area contributed by atoms with Gasteiger partial charge < -0.3 is 30.2 Å². The molecule has 0 saturated carbocycles. The minimum atomic E-state index is -0.576. The molecule has 0 spiro atoms. The minimum absolute atomic E-state index is 0.306. The molecule has 2 aromatic carbocycles. The zero-order valence-corrected chi connectivity index (χ0v) is 18.5. The number of ether oxygens (including phenoxy) is 3. The fourth-order valence-corrected chi connectivity index (χ4v) is 3.73. The summed E-state index contributed by atoms with van der Waals surface area (Å²) in [5, 5.41) is 9.97. The van der Waals surface area contributed by atoms with Crippen molar-refractivity contribution in [1.29, 1.82) is 0 Å². The van der Waals surface area contributed by atoms with Crippen LogP contribution in [0.4, 0.5) is 5.69 Å². The highest BCUT2D eigenvalue weighted by Gasteiger charge is 2.33. The van der Waals surface area contributed by atoms with Crippen LogP contribution in [0.3, 0.4) is 0 Å². The molecule has 0 fully saturated rings. The van der Waals surface area contributed by atoms with Crippen LogP contribution < -0.4 is 30.2 Å². The van der Waals surface area contributed by atoms with Crippen LogP contribution in [-0.2, 0) is 4.79 Å². The number of carbonyl (C=O) groups is 1. The second-order valence-electron chi connectivity index (χ2n) is 6.48. The van der Waals surface area contributed by atoms with Gasteiger partial charge in [0.05, 0.1) is 32.9 Å². The monoisotopic (exact) mass is 447 g/mol. The van der Waals surface area contributed by atoms with Crippen LogP contribution in [0, 0.1) is 0 Å². The van der Waals surface area contributed by atoms with Gasteiger partial charge in [-0.1, -0.05) is 17.7 Å². The summed E-state index contributed by atoms with van der Waals surface area (Å²) in [6, 6.07) is 9.84. The third kappa shape index (κ3) is 4.44. The van der Waals surface area contributed by atoms with Gasteiger partial charge in [-0.3, -0.25) is 4.79 Å². The van der Waals surface area contributed by atoms with Crippen LogP contribution in [0.2, 0.25) is 5.02 Å². The van der Waals surface area contributed by atoms with Crippen LogP contribution in [-0.4, -0.2) is 32.3 Å². The van der Waals surface area contributed by atoms with Crippen LogP contribution in [0.5, 0.6) is 17.2 Å². The molecular weight excluding hydrogens is 426 g/mol. The molecule has 3 rings (SSSR count). The van der Waals surface area contributed by atoms with E-state index < -0.39 is 6.04 Å². The van der Waals surface area contributed by atoms with Crippen LogP contribution >= 0.6 is 23.8 Å². The summed E-state index contributed by atoms with van der Waals surface area (Å²) in [5.74, 6) is 1.24. The number of hydrogen-bond acceptors (Lipinski definition) is 5. The van der Waals surface area contributed by atoms with Gasteiger partial charge in [0.15, 0.2) is 16.6 Å². The number of carbonyl (C=O) groups excluding carboxylic acids is 1. The Kier molecular flexibility index (Phi) is 6.69. The molecule has 0 radical (unpaired) electrons. The van der Waals surface area contributed by atoms with Crippen LogP contribution in [0.15, 0.2) is 47.7 Å². The molecule has 0 saturated heterocycles. The molecule has 30 heavy (non-hydrogen) atoms. The lowest BCUT2D eigenvalue weighted by Gasteiger charge is -2.31. The number of thiocarbonyl (C=S) groups is 1. The van der Waals surface area contributed by atoms with Gasteiger partial charge in [0.2, 0.25) is 0 Å². The van der Waals surface area contributed by atoms with E-state index in [1.54, 1.807) is 64.7 Å². The summed E-state index contributed by atoms with van der Waals surface area (Å²) >= 11 is 11.4. The summed E-state index contributed by atoms with van der Waals surface area (Å²) in [7, 11) is 4.64. The van der Waals surface area contributed by atoms with E-state index >= 15 is 0 Å². The molecule has 1 unspecified atom stereocenters. The molecule has 7 nitrogen and oxygen atoms in total. The Morgan fingerprint density at radius 1 is 1.07 bits per heavy atom. The van der Waals surface area contributed by atoms with Crippen molar-refractivity contribution in [3.05, 3.63) is 58.3 Å². The summed E-state index contributed by atoms with van der Waals surface area (Å²) in [4.78, 5) is 13.2. The third-order valence-corrected chi connectivity index (χ3v) is 5.10. The molecule has 1 atom stereocenters. The average Bonchev–Trinajstić information content (AvgIpc) is 2.71. The lowest BCUT2D eigenvalue weighted by atomic mass is 9.93. The van der Waals surface area contributed by atoms with Crippen LogP contribution in [0.1, 0.15) is 18.5 Å². The highest BCUT2D eigenvalue weighted by atomic mass is 35.5. The van der Waals surface area contributed by atoms with E-state index in [9.17, 15) is 4.79 Å². The van der Waals surface area contributed by atoms with Crippen molar-refractivity contribution in [1.82, 2.24) is 10.6 Å². The van der Waals surface area contributed by atoms with E-state index in [0.717, 1.165) is 0 Å². The molecule has 158 valence electrons. The normalized spacial score (nSPS) is 15.8. The Morgan fingerprint density at radius 3 is 2.37 bits per heavy atom. The van der Waals surface area contributed by atoms with Crippen molar-refractivity contribution in [2.45, 2.75) is 13.0 Å². The van der Waals surface area contributed by atoms with Crippen molar-refractivity contribution in [3.63, 3.8) is 0 Å². The second kappa shape index (κ2) is 9.23. The number of benzene rings is 2. The SMILES string of the molecule is COc1cc(OC)c(C2NC(=S)NC(C)=C2C(=O)Nc2cccc(Cl)c2)cc1OC. The molecule has 0 bridgehead atoms. The van der Waals surface area contributed by atoms with Gasteiger partial charge in [-0.15, -0.1) is 0 Å². The highest BCUT2D eigenvalue weighted by Crippen LogP contribution is 2.40. The molecule has 1 heterocycles. The van der Waals surface area contributed by atoms with E-state index in [0.29, 0.717) is 49.9 Å². The maximum absolute atomic E-state index is 13.2. The zero-order valence-electron chi connectivity index (χ0n) is 17.0. The number of anilines is 1. The van der Waals surface area contributed by atoms with E-state index in [1.807, 2.05) is 0 Å². The number of amides is 1. The number of nitrogens with one attached hydrogen (secondary N) is 3. The van der Waals surface area contributed by atoms with E-state index in [-0.39, 0.29) is 5.91 Å². The number of hydrogen-bond donors (Lipinski definition) is 3. The van der Waals surface area contributed by atoms with Gasteiger partial charge in [0.25, 0.3) is 5.91 Å². The topological polar surface area (TPSA) is 80.9 Å². The maximum atomic E-state index is 13.2. The first-order valence-electron chi connectivity index (χ1n) is 9.03. The molecule has 1 amide bonds. The van der Waals surface area contributed by atoms with E-state index in [4.69, 9.17) is 38.0 Å². The summed E-state index contributed by atoms with van der Waals surface area (Å²) in [6.45, 7) is 1.79. The number of halogens is 1. The molecule has 9 heteroatoms. The first-order valence-corrected chi connectivity index (χ1v) is 9.81. The van der Waals surface area contributed by atoms with Crippen molar-refractivity contribution >= 4 is 40.5 Å². The standard InChI is InChI=1S/C21H22ClN3O4S/c1-11-18(20(26)24-13-7-5-6-12(22)8-13)19(25-21(30)23-11)14-9-16(28-3)17(29-4)10-15(14)27-2/h5-10,19H,1-4H3,(H,24,26)(H2,23,25,30).